The first kappa shape index (κ1) is 13.4. The third-order valence-corrected chi connectivity index (χ3v) is 4.90. The van der Waals surface area contributed by atoms with Gasteiger partial charge in [-0.3, -0.25) is 4.79 Å². The molecule has 1 fully saturated rings. The van der Waals surface area contributed by atoms with E-state index < -0.39 is 9.84 Å². The standard InChI is InChI=1S/C10H20N2O3S/c1-2-3-10(13)12-5-4-9-8-11-6-7-16(9,14)15/h9,11H,2-8H2,1H3,(H,12,13). The van der Waals surface area contributed by atoms with Gasteiger partial charge in [-0.1, -0.05) is 6.92 Å². The van der Waals surface area contributed by atoms with Gasteiger partial charge < -0.3 is 10.6 Å². The summed E-state index contributed by atoms with van der Waals surface area (Å²) in [5.74, 6) is 0.212. The van der Waals surface area contributed by atoms with Crippen LogP contribution in [0.2, 0.25) is 0 Å². The third kappa shape index (κ3) is 4.09. The Morgan fingerprint density at radius 2 is 2.25 bits per heavy atom. The normalized spacial score (nSPS) is 23.9. The number of nitrogens with one attached hydrogen (secondary N) is 2. The van der Waals surface area contributed by atoms with Gasteiger partial charge in [0.25, 0.3) is 0 Å². The molecule has 6 heteroatoms. The van der Waals surface area contributed by atoms with Gasteiger partial charge in [0, 0.05) is 26.1 Å². The zero-order chi connectivity index (χ0) is 12.0. The fourth-order valence-electron chi connectivity index (χ4n) is 1.74. The topological polar surface area (TPSA) is 75.3 Å². The Bertz CT molecular complexity index is 327. The number of amides is 1. The van der Waals surface area contributed by atoms with Crippen LogP contribution in [0.3, 0.4) is 0 Å². The second-order valence-corrected chi connectivity index (χ2v) is 6.48. The molecule has 1 atom stereocenters. The zero-order valence-corrected chi connectivity index (χ0v) is 10.5. The molecule has 0 spiro atoms. The second-order valence-electron chi connectivity index (χ2n) is 4.08. The van der Waals surface area contributed by atoms with E-state index in [1.54, 1.807) is 0 Å². The number of hydrogen-bond acceptors (Lipinski definition) is 4. The number of rotatable bonds is 5. The Morgan fingerprint density at radius 1 is 1.50 bits per heavy atom. The van der Waals surface area contributed by atoms with Crippen LogP contribution in [-0.2, 0) is 14.6 Å². The maximum atomic E-state index is 11.6. The lowest BCUT2D eigenvalue weighted by molar-refractivity contribution is -0.121. The van der Waals surface area contributed by atoms with Crippen LogP contribution in [-0.4, -0.2) is 45.0 Å². The molecule has 94 valence electrons. The van der Waals surface area contributed by atoms with Crippen molar-refractivity contribution in [3.05, 3.63) is 0 Å². The van der Waals surface area contributed by atoms with Crippen molar-refractivity contribution in [2.75, 3.05) is 25.4 Å². The van der Waals surface area contributed by atoms with Crippen LogP contribution in [0.25, 0.3) is 0 Å². The van der Waals surface area contributed by atoms with Crippen LogP contribution in [0, 0.1) is 0 Å². The molecular weight excluding hydrogens is 228 g/mol. The van der Waals surface area contributed by atoms with E-state index in [2.05, 4.69) is 10.6 Å². The van der Waals surface area contributed by atoms with E-state index in [1.807, 2.05) is 6.92 Å². The highest BCUT2D eigenvalue weighted by atomic mass is 32.2. The summed E-state index contributed by atoms with van der Waals surface area (Å²) < 4.78 is 23.3. The van der Waals surface area contributed by atoms with Crippen LogP contribution < -0.4 is 10.6 Å². The van der Waals surface area contributed by atoms with E-state index in [1.165, 1.54) is 0 Å². The summed E-state index contributed by atoms with van der Waals surface area (Å²) in [4.78, 5) is 11.2. The van der Waals surface area contributed by atoms with E-state index in [4.69, 9.17) is 0 Å². The molecule has 0 saturated carbocycles. The van der Waals surface area contributed by atoms with Crippen molar-refractivity contribution in [1.82, 2.24) is 10.6 Å². The van der Waals surface area contributed by atoms with Crippen molar-refractivity contribution in [3.63, 3.8) is 0 Å². The highest BCUT2D eigenvalue weighted by molar-refractivity contribution is 7.92. The molecule has 0 aromatic carbocycles. The van der Waals surface area contributed by atoms with Crippen LogP contribution in [0.5, 0.6) is 0 Å². The van der Waals surface area contributed by atoms with Gasteiger partial charge in [0.15, 0.2) is 9.84 Å². The summed E-state index contributed by atoms with van der Waals surface area (Å²) in [6.07, 6.45) is 1.83. The molecule has 1 heterocycles. The quantitative estimate of drug-likeness (QED) is 0.699. The van der Waals surface area contributed by atoms with E-state index >= 15 is 0 Å². The number of carbonyl (C=O) groups excluding carboxylic acids is 1. The maximum Gasteiger partial charge on any atom is 0.219 e. The van der Waals surface area contributed by atoms with Crippen LogP contribution in [0.15, 0.2) is 0 Å². The largest absolute Gasteiger partial charge is 0.356 e. The van der Waals surface area contributed by atoms with Crippen LogP contribution in [0.4, 0.5) is 0 Å². The van der Waals surface area contributed by atoms with Gasteiger partial charge in [0.2, 0.25) is 5.91 Å². The highest BCUT2D eigenvalue weighted by Gasteiger charge is 2.27. The molecule has 1 rings (SSSR count). The van der Waals surface area contributed by atoms with Gasteiger partial charge in [-0.15, -0.1) is 0 Å². The van der Waals surface area contributed by atoms with Gasteiger partial charge in [-0.25, -0.2) is 8.42 Å². The first-order chi connectivity index (χ1) is 7.56. The Hall–Kier alpha value is -0.620. The molecule has 0 aliphatic carbocycles. The summed E-state index contributed by atoms with van der Waals surface area (Å²) in [7, 11) is -2.95. The molecule has 0 aromatic heterocycles. The molecule has 1 unspecified atom stereocenters. The molecule has 1 aliphatic rings. The van der Waals surface area contributed by atoms with Crippen molar-refractivity contribution < 1.29 is 13.2 Å². The van der Waals surface area contributed by atoms with E-state index in [0.717, 1.165) is 6.42 Å². The van der Waals surface area contributed by atoms with Gasteiger partial charge in [0.05, 0.1) is 11.0 Å². The maximum absolute atomic E-state index is 11.6. The molecule has 2 N–H and O–H groups in total. The monoisotopic (exact) mass is 248 g/mol. The first-order valence-electron chi connectivity index (χ1n) is 5.75. The van der Waals surface area contributed by atoms with E-state index in [9.17, 15) is 13.2 Å². The lowest BCUT2D eigenvalue weighted by Crippen LogP contribution is -2.45. The van der Waals surface area contributed by atoms with Gasteiger partial charge in [-0.05, 0) is 12.8 Å². The Labute approximate surface area is 96.9 Å². The predicted octanol–water partition coefficient (Wildman–Crippen LogP) is -0.321. The summed E-state index contributed by atoms with van der Waals surface area (Å²) in [5.41, 5.74) is 0. The Morgan fingerprint density at radius 3 is 2.88 bits per heavy atom. The molecule has 5 nitrogen and oxygen atoms in total. The summed E-state index contributed by atoms with van der Waals surface area (Å²) in [5, 5.41) is 5.46. The molecule has 1 saturated heterocycles. The number of hydrogen-bond donors (Lipinski definition) is 2. The molecular formula is C10H20N2O3S. The minimum atomic E-state index is -2.95. The van der Waals surface area contributed by atoms with Crippen LogP contribution in [0.1, 0.15) is 26.2 Å². The van der Waals surface area contributed by atoms with Crippen molar-refractivity contribution in [1.29, 1.82) is 0 Å². The van der Waals surface area contributed by atoms with Crippen molar-refractivity contribution in [2.45, 2.75) is 31.4 Å². The average molecular weight is 248 g/mol. The van der Waals surface area contributed by atoms with E-state index in [0.29, 0.717) is 32.5 Å². The molecule has 0 bridgehead atoms. The zero-order valence-electron chi connectivity index (χ0n) is 9.66. The van der Waals surface area contributed by atoms with E-state index in [-0.39, 0.29) is 16.9 Å². The smallest absolute Gasteiger partial charge is 0.219 e. The highest BCUT2D eigenvalue weighted by Crippen LogP contribution is 2.09. The van der Waals surface area contributed by atoms with Crippen molar-refractivity contribution in [3.8, 4) is 0 Å². The molecule has 0 radical (unpaired) electrons. The van der Waals surface area contributed by atoms with Crippen molar-refractivity contribution >= 4 is 15.7 Å². The number of carbonyl (C=O) groups is 1. The van der Waals surface area contributed by atoms with Gasteiger partial charge in [0.1, 0.15) is 0 Å². The number of sulfone groups is 1. The molecule has 1 aliphatic heterocycles. The molecule has 0 aromatic rings. The SMILES string of the molecule is CCCC(=O)NCCC1CNCCS1(=O)=O. The Balaban J connectivity index is 2.29. The minimum Gasteiger partial charge on any atom is -0.356 e. The fourth-order valence-corrected chi connectivity index (χ4v) is 3.35. The van der Waals surface area contributed by atoms with Gasteiger partial charge in [-0.2, -0.15) is 0 Å². The summed E-state index contributed by atoms with van der Waals surface area (Å²) >= 11 is 0. The fraction of sp³-hybridized carbons (Fsp3) is 0.900. The van der Waals surface area contributed by atoms with Gasteiger partial charge >= 0.3 is 0 Å². The second kappa shape index (κ2) is 6.20. The minimum absolute atomic E-state index is 0.00339. The molecule has 1 amide bonds. The summed E-state index contributed by atoms with van der Waals surface area (Å²) in [6.45, 7) is 3.44. The third-order valence-electron chi connectivity index (χ3n) is 2.71. The lowest BCUT2D eigenvalue weighted by atomic mass is 10.2. The average Bonchev–Trinajstić information content (AvgIpc) is 2.21. The molecule has 16 heavy (non-hydrogen) atoms. The van der Waals surface area contributed by atoms with Crippen molar-refractivity contribution in [2.24, 2.45) is 0 Å². The predicted molar refractivity (Wildman–Crippen MR) is 63.0 cm³/mol. The Kier molecular flexibility index (Phi) is 5.21. The lowest BCUT2D eigenvalue weighted by Gasteiger charge is -2.23. The first-order valence-corrected chi connectivity index (χ1v) is 7.47. The summed E-state index contributed by atoms with van der Waals surface area (Å²) in [6, 6.07) is 0. The van der Waals surface area contributed by atoms with Crippen LogP contribution >= 0.6 is 0 Å².